The molecule has 1 saturated heterocycles. The predicted octanol–water partition coefficient (Wildman–Crippen LogP) is 2.04. The van der Waals surface area contributed by atoms with Crippen LogP contribution in [0.25, 0.3) is 11.0 Å². The number of nitrogens with zero attached hydrogens (tertiary/aromatic N) is 2. The molecule has 0 saturated carbocycles. The second-order valence-electron chi connectivity index (χ2n) is 6.30. The van der Waals surface area contributed by atoms with Gasteiger partial charge >= 0.3 is 5.63 Å². The molecule has 0 radical (unpaired) electrons. The molecule has 1 aliphatic rings. The Morgan fingerprint density at radius 3 is 2.75 bits per heavy atom. The van der Waals surface area contributed by atoms with E-state index in [2.05, 4.69) is 15.2 Å². The number of carbonyl (C=O) groups is 1. The Bertz CT molecular complexity index is 1030. The minimum absolute atomic E-state index is 0.173. The van der Waals surface area contributed by atoms with E-state index in [4.69, 9.17) is 13.9 Å². The van der Waals surface area contributed by atoms with Gasteiger partial charge in [0.1, 0.15) is 17.2 Å². The van der Waals surface area contributed by atoms with Gasteiger partial charge < -0.3 is 24.1 Å². The summed E-state index contributed by atoms with van der Waals surface area (Å²) in [5.41, 5.74) is 0.568. The summed E-state index contributed by atoms with van der Waals surface area (Å²) in [6.07, 6.45) is 1.62. The molecule has 0 bridgehead atoms. The zero-order valence-electron chi connectivity index (χ0n) is 15.1. The highest BCUT2D eigenvalue weighted by Gasteiger charge is 2.12. The second kappa shape index (κ2) is 8.10. The number of benzene rings is 1. The number of hydrogen-bond donors (Lipinski definition) is 1. The summed E-state index contributed by atoms with van der Waals surface area (Å²) < 4.78 is 15.9. The van der Waals surface area contributed by atoms with Crippen LogP contribution >= 0.6 is 0 Å². The molecular weight excluding hydrogens is 362 g/mol. The van der Waals surface area contributed by atoms with Crippen molar-refractivity contribution in [2.24, 2.45) is 0 Å². The van der Waals surface area contributed by atoms with Crippen LogP contribution in [0.15, 0.2) is 57.9 Å². The molecule has 3 aromatic rings. The Balaban J connectivity index is 1.33. The Kier molecular flexibility index (Phi) is 5.20. The Morgan fingerprint density at radius 2 is 1.96 bits per heavy atom. The van der Waals surface area contributed by atoms with Crippen LogP contribution in [0.4, 0.5) is 11.5 Å². The molecule has 144 valence electrons. The molecule has 1 N–H and O–H groups in total. The fourth-order valence-electron chi connectivity index (χ4n) is 2.92. The van der Waals surface area contributed by atoms with E-state index in [9.17, 15) is 9.59 Å². The van der Waals surface area contributed by atoms with Gasteiger partial charge in [-0.3, -0.25) is 4.79 Å². The highest BCUT2D eigenvalue weighted by Crippen LogP contribution is 2.20. The molecule has 8 heteroatoms. The average Bonchev–Trinajstić information content (AvgIpc) is 2.73. The van der Waals surface area contributed by atoms with Crippen LogP contribution in [0.2, 0.25) is 0 Å². The van der Waals surface area contributed by atoms with E-state index in [1.54, 1.807) is 36.5 Å². The molecule has 28 heavy (non-hydrogen) atoms. The minimum atomic E-state index is -0.435. The van der Waals surface area contributed by atoms with E-state index in [0.717, 1.165) is 24.3 Å². The van der Waals surface area contributed by atoms with Gasteiger partial charge in [-0.05, 0) is 30.3 Å². The van der Waals surface area contributed by atoms with Gasteiger partial charge in [0, 0.05) is 30.6 Å². The monoisotopic (exact) mass is 381 g/mol. The van der Waals surface area contributed by atoms with Crippen LogP contribution < -0.4 is 20.6 Å². The second-order valence-corrected chi connectivity index (χ2v) is 6.30. The third-order valence-electron chi connectivity index (χ3n) is 4.33. The summed E-state index contributed by atoms with van der Waals surface area (Å²) in [7, 11) is 0. The van der Waals surface area contributed by atoms with Crippen molar-refractivity contribution in [3.63, 3.8) is 0 Å². The van der Waals surface area contributed by atoms with Crippen LogP contribution in [-0.2, 0) is 9.53 Å². The molecule has 8 nitrogen and oxygen atoms in total. The maximum Gasteiger partial charge on any atom is 0.336 e. The molecule has 4 rings (SSSR count). The van der Waals surface area contributed by atoms with Crippen LogP contribution in [0.3, 0.4) is 0 Å². The number of anilines is 2. The molecule has 1 aromatic carbocycles. The van der Waals surface area contributed by atoms with Gasteiger partial charge in [0.2, 0.25) is 0 Å². The summed E-state index contributed by atoms with van der Waals surface area (Å²) in [5, 5.41) is 3.53. The van der Waals surface area contributed by atoms with Crippen LogP contribution in [-0.4, -0.2) is 43.8 Å². The standard InChI is InChI=1S/C20H19N3O5/c24-19(13-27-16-4-1-14-2-6-20(25)28-17(14)11-16)22-15-3-5-18(21-12-15)23-7-9-26-10-8-23/h1-6,11-12H,7-10,13H2,(H,22,24). The van der Waals surface area contributed by atoms with E-state index in [1.165, 1.54) is 6.07 Å². The number of rotatable bonds is 5. The first kappa shape index (κ1) is 18.0. The highest BCUT2D eigenvalue weighted by molar-refractivity contribution is 5.91. The van der Waals surface area contributed by atoms with E-state index in [1.807, 2.05) is 6.07 Å². The fraction of sp³-hybridized carbons (Fsp3) is 0.250. The fourth-order valence-corrected chi connectivity index (χ4v) is 2.92. The minimum Gasteiger partial charge on any atom is -0.484 e. The normalized spacial score (nSPS) is 14.1. The summed E-state index contributed by atoms with van der Waals surface area (Å²) in [6.45, 7) is 2.82. The number of fused-ring (bicyclic) bond motifs is 1. The largest absolute Gasteiger partial charge is 0.484 e. The first-order valence-corrected chi connectivity index (χ1v) is 8.93. The van der Waals surface area contributed by atoms with Crippen molar-refractivity contribution in [1.82, 2.24) is 4.98 Å². The van der Waals surface area contributed by atoms with E-state index < -0.39 is 5.63 Å². The van der Waals surface area contributed by atoms with Crippen molar-refractivity contribution >= 4 is 28.4 Å². The zero-order chi connectivity index (χ0) is 19.3. The van der Waals surface area contributed by atoms with Crippen molar-refractivity contribution in [2.75, 3.05) is 43.1 Å². The number of carbonyl (C=O) groups excluding carboxylic acids is 1. The van der Waals surface area contributed by atoms with Crippen molar-refractivity contribution in [3.8, 4) is 5.75 Å². The van der Waals surface area contributed by atoms with Crippen LogP contribution in [0, 0.1) is 0 Å². The molecule has 0 atom stereocenters. The molecule has 3 heterocycles. The number of ether oxygens (including phenoxy) is 2. The number of aromatic nitrogens is 1. The molecule has 1 amide bonds. The van der Waals surface area contributed by atoms with Gasteiger partial charge in [0.15, 0.2) is 6.61 Å². The van der Waals surface area contributed by atoms with E-state index in [0.29, 0.717) is 30.2 Å². The maximum atomic E-state index is 12.1. The van der Waals surface area contributed by atoms with Gasteiger partial charge in [0.25, 0.3) is 5.91 Å². The molecular formula is C20H19N3O5. The third-order valence-corrected chi connectivity index (χ3v) is 4.33. The predicted molar refractivity (Wildman–Crippen MR) is 104 cm³/mol. The lowest BCUT2D eigenvalue weighted by Gasteiger charge is -2.27. The molecule has 0 aliphatic carbocycles. The van der Waals surface area contributed by atoms with Crippen LogP contribution in [0.5, 0.6) is 5.75 Å². The van der Waals surface area contributed by atoms with Crippen LogP contribution in [0.1, 0.15) is 0 Å². The average molecular weight is 381 g/mol. The number of hydrogen-bond acceptors (Lipinski definition) is 7. The smallest absolute Gasteiger partial charge is 0.336 e. The molecule has 0 spiro atoms. The first-order chi connectivity index (χ1) is 13.7. The van der Waals surface area contributed by atoms with Gasteiger partial charge in [-0.25, -0.2) is 9.78 Å². The van der Waals surface area contributed by atoms with Gasteiger partial charge in [-0.15, -0.1) is 0 Å². The van der Waals surface area contributed by atoms with E-state index in [-0.39, 0.29) is 12.5 Å². The van der Waals surface area contributed by atoms with E-state index >= 15 is 0 Å². The van der Waals surface area contributed by atoms with Crippen molar-refractivity contribution < 1.29 is 18.7 Å². The van der Waals surface area contributed by atoms with Gasteiger partial charge in [-0.2, -0.15) is 0 Å². The van der Waals surface area contributed by atoms with Crippen molar-refractivity contribution in [2.45, 2.75) is 0 Å². The van der Waals surface area contributed by atoms with Crippen molar-refractivity contribution in [1.29, 1.82) is 0 Å². The van der Waals surface area contributed by atoms with Gasteiger partial charge in [0.05, 0.1) is 25.1 Å². The molecule has 0 unspecified atom stereocenters. The molecule has 2 aromatic heterocycles. The topological polar surface area (TPSA) is 93.9 Å². The maximum absolute atomic E-state index is 12.1. The lowest BCUT2D eigenvalue weighted by molar-refractivity contribution is -0.118. The number of morpholine rings is 1. The number of amides is 1. The summed E-state index contributed by atoms with van der Waals surface area (Å²) in [4.78, 5) is 30.0. The number of nitrogens with one attached hydrogen (secondary N) is 1. The van der Waals surface area contributed by atoms with Gasteiger partial charge in [-0.1, -0.05) is 0 Å². The summed E-state index contributed by atoms with van der Waals surface area (Å²) in [5.74, 6) is 0.989. The lowest BCUT2D eigenvalue weighted by Crippen LogP contribution is -2.36. The first-order valence-electron chi connectivity index (χ1n) is 8.93. The Hall–Kier alpha value is -3.39. The van der Waals surface area contributed by atoms with Crippen molar-refractivity contribution in [3.05, 3.63) is 59.1 Å². The zero-order valence-corrected chi connectivity index (χ0v) is 15.1. The summed E-state index contributed by atoms with van der Waals surface area (Å²) >= 11 is 0. The quantitative estimate of drug-likeness (QED) is 0.676. The lowest BCUT2D eigenvalue weighted by atomic mass is 10.2. The number of pyridine rings is 1. The molecule has 1 fully saturated rings. The highest BCUT2D eigenvalue weighted by atomic mass is 16.5. The SMILES string of the molecule is O=C(COc1ccc2ccc(=O)oc2c1)Nc1ccc(N2CCOCC2)nc1. The third kappa shape index (κ3) is 4.29. The Morgan fingerprint density at radius 1 is 1.14 bits per heavy atom. The summed E-state index contributed by atoms with van der Waals surface area (Å²) in [6, 6.07) is 11.8. The Labute approximate surface area is 160 Å². The molecule has 1 aliphatic heterocycles.